The number of rotatable bonds is 5. The summed E-state index contributed by atoms with van der Waals surface area (Å²) < 4.78 is 10.4. The van der Waals surface area contributed by atoms with Gasteiger partial charge in [-0.3, -0.25) is 19.7 Å². The maximum atomic E-state index is 12.8. The van der Waals surface area contributed by atoms with Crippen molar-refractivity contribution in [1.82, 2.24) is 9.80 Å². The van der Waals surface area contributed by atoms with Gasteiger partial charge in [0.2, 0.25) is 5.91 Å². The number of amides is 2. The second-order valence-corrected chi connectivity index (χ2v) is 7.29. The van der Waals surface area contributed by atoms with Crippen LogP contribution in [0.2, 0.25) is 0 Å². The van der Waals surface area contributed by atoms with Crippen molar-refractivity contribution in [2.45, 2.75) is 0 Å². The first kappa shape index (κ1) is 19.7. The molecule has 0 atom stereocenters. The third-order valence-electron chi connectivity index (χ3n) is 5.52. The number of carbonyl (C=O) groups excluding carboxylic acids is 2. The SMILES string of the molecule is COc1ccccc1N1CCN(C(=O)C2CN(C(=O)c3ccc([N+](=O)[O-])o3)C2)CC1. The van der Waals surface area contributed by atoms with Crippen molar-refractivity contribution in [2.24, 2.45) is 5.92 Å². The van der Waals surface area contributed by atoms with Gasteiger partial charge in [-0.1, -0.05) is 12.1 Å². The van der Waals surface area contributed by atoms with E-state index in [0.717, 1.165) is 17.5 Å². The van der Waals surface area contributed by atoms with Gasteiger partial charge in [-0.2, -0.15) is 0 Å². The lowest BCUT2D eigenvalue weighted by Crippen LogP contribution is -2.59. The van der Waals surface area contributed by atoms with Crippen LogP contribution in [0.3, 0.4) is 0 Å². The quantitative estimate of drug-likeness (QED) is 0.540. The standard InChI is InChI=1S/C20H22N4O6/c1-29-16-5-3-2-4-15(16)21-8-10-22(11-9-21)19(25)14-12-23(13-14)20(26)17-6-7-18(30-17)24(27)28/h2-7,14H,8-13H2,1H3. The predicted octanol–water partition coefficient (Wildman–Crippen LogP) is 1.62. The first-order chi connectivity index (χ1) is 14.5. The molecule has 0 saturated carbocycles. The number of furan rings is 1. The van der Waals surface area contributed by atoms with Crippen LogP contribution in [0.5, 0.6) is 5.75 Å². The maximum Gasteiger partial charge on any atom is 0.433 e. The highest BCUT2D eigenvalue weighted by Crippen LogP contribution is 2.29. The van der Waals surface area contributed by atoms with Gasteiger partial charge in [0.1, 0.15) is 10.7 Å². The highest BCUT2D eigenvalue weighted by atomic mass is 16.6. The molecule has 0 radical (unpaired) electrons. The Morgan fingerprint density at radius 1 is 1.07 bits per heavy atom. The molecule has 10 heteroatoms. The molecule has 2 aromatic rings. The normalized spacial score (nSPS) is 16.9. The molecular formula is C20H22N4O6. The van der Waals surface area contributed by atoms with Crippen LogP contribution in [0.15, 0.2) is 40.8 Å². The largest absolute Gasteiger partial charge is 0.495 e. The number of carbonyl (C=O) groups is 2. The zero-order chi connectivity index (χ0) is 21.3. The van der Waals surface area contributed by atoms with Gasteiger partial charge in [0.05, 0.1) is 24.8 Å². The molecule has 10 nitrogen and oxygen atoms in total. The summed E-state index contributed by atoms with van der Waals surface area (Å²) in [7, 11) is 1.64. The third kappa shape index (κ3) is 3.68. The number of methoxy groups -OCH3 is 1. The van der Waals surface area contributed by atoms with E-state index in [1.807, 2.05) is 29.2 Å². The van der Waals surface area contributed by atoms with E-state index in [1.54, 1.807) is 7.11 Å². The number of hydrogen-bond donors (Lipinski definition) is 0. The summed E-state index contributed by atoms with van der Waals surface area (Å²) in [4.78, 5) is 40.6. The molecule has 0 spiro atoms. The molecule has 2 saturated heterocycles. The lowest BCUT2D eigenvalue weighted by Gasteiger charge is -2.43. The number of likely N-dealkylation sites (tertiary alicyclic amines) is 1. The van der Waals surface area contributed by atoms with E-state index >= 15 is 0 Å². The Labute approximate surface area is 172 Å². The Kier molecular flexibility index (Phi) is 5.30. The first-order valence-corrected chi connectivity index (χ1v) is 9.68. The lowest BCUT2D eigenvalue weighted by molar-refractivity contribution is -0.402. The highest BCUT2D eigenvalue weighted by Gasteiger charge is 2.40. The van der Waals surface area contributed by atoms with Gasteiger partial charge in [-0.05, 0) is 18.2 Å². The molecule has 30 heavy (non-hydrogen) atoms. The molecule has 0 bridgehead atoms. The van der Waals surface area contributed by atoms with Crippen molar-refractivity contribution in [2.75, 3.05) is 51.3 Å². The van der Waals surface area contributed by atoms with E-state index in [4.69, 9.17) is 9.15 Å². The minimum Gasteiger partial charge on any atom is -0.495 e. The number of para-hydroxylation sites is 2. The molecule has 0 unspecified atom stereocenters. The fraction of sp³-hybridized carbons (Fsp3) is 0.400. The molecule has 4 rings (SSSR count). The fourth-order valence-electron chi connectivity index (χ4n) is 3.81. The van der Waals surface area contributed by atoms with E-state index in [0.29, 0.717) is 39.3 Å². The average Bonchev–Trinajstić information content (AvgIpc) is 3.23. The van der Waals surface area contributed by atoms with E-state index in [1.165, 1.54) is 11.0 Å². The van der Waals surface area contributed by atoms with Crippen LogP contribution in [0.25, 0.3) is 0 Å². The monoisotopic (exact) mass is 414 g/mol. The molecule has 2 aliphatic heterocycles. The van der Waals surface area contributed by atoms with Crippen LogP contribution in [-0.4, -0.2) is 72.9 Å². The maximum absolute atomic E-state index is 12.8. The molecule has 158 valence electrons. The van der Waals surface area contributed by atoms with Crippen LogP contribution in [0.4, 0.5) is 11.6 Å². The molecule has 2 amide bonds. The first-order valence-electron chi connectivity index (χ1n) is 9.68. The van der Waals surface area contributed by atoms with Crippen molar-refractivity contribution >= 4 is 23.4 Å². The Morgan fingerprint density at radius 3 is 2.40 bits per heavy atom. The molecule has 2 fully saturated rings. The lowest BCUT2D eigenvalue weighted by atomic mass is 9.97. The number of nitro groups is 1. The van der Waals surface area contributed by atoms with Crippen molar-refractivity contribution < 1.29 is 23.7 Å². The number of anilines is 1. The molecule has 0 N–H and O–H groups in total. The van der Waals surface area contributed by atoms with Crippen molar-refractivity contribution in [3.63, 3.8) is 0 Å². The van der Waals surface area contributed by atoms with E-state index in [9.17, 15) is 19.7 Å². The number of nitrogens with zero attached hydrogens (tertiary/aromatic N) is 4. The van der Waals surface area contributed by atoms with Gasteiger partial charge in [0.25, 0.3) is 5.91 Å². The second kappa shape index (κ2) is 8.05. The van der Waals surface area contributed by atoms with E-state index < -0.39 is 16.7 Å². The Morgan fingerprint density at radius 2 is 1.77 bits per heavy atom. The molecule has 1 aromatic carbocycles. The summed E-state index contributed by atoms with van der Waals surface area (Å²) in [6.45, 7) is 3.20. The highest BCUT2D eigenvalue weighted by molar-refractivity contribution is 5.94. The van der Waals surface area contributed by atoms with Gasteiger partial charge >= 0.3 is 5.88 Å². The predicted molar refractivity (Wildman–Crippen MR) is 107 cm³/mol. The number of benzene rings is 1. The zero-order valence-electron chi connectivity index (χ0n) is 16.5. The van der Waals surface area contributed by atoms with Gasteiger partial charge < -0.3 is 23.9 Å². The summed E-state index contributed by atoms with van der Waals surface area (Å²) in [6.07, 6.45) is 0. The van der Waals surface area contributed by atoms with Gasteiger partial charge in [-0.25, -0.2) is 0 Å². The zero-order valence-corrected chi connectivity index (χ0v) is 16.5. The van der Waals surface area contributed by atoms with Gasteiger partial charge in [0, 0.05) is 39.3 Å². The van der Waals surface area contributed by atoms with Crippen molar-refractivity contribution in [3.05, 3.63) is 52.3 Å². The Balaban J connectivity index is 1.28. The Hall–Kier alpha value is -3.56. The van der Waals surface area contributed by atoms with Gasteiger partial charge in [-0.15, -0.1) is 0 Å². The van der Waals surface area contributed by atoms with Crippen molar-refractivity contribution in [1.29, 1.82) is 0 Å². The number of hydrogen-bond acceptors (Lipinski definition) is 7. The smallest absolute Gasteiger partial charge is 0.433 e. The van der Waals surface area contributed by atoms with E-state index in [-0.39, 0.29) is 17.6 Å². The summed E-state index contributed by atoms with van der Waals surface area (Å²) in [5.74, 6) is -0.407. The molecule has 2 aliphatic rings. The fourth-order valence-corrected chi connectivity index (χ4v) is 3.81. The molecule has 0 aliphatic carbocycles. The number of piperazine rings is 1. The summed E-state index contributed by atoms with van der Waals surface area (Å²) >= 11 is 0. The Bertz CT molecular complexity index is 960. The van der Waals surface area contributed by atoms with Crippen LogP contribution in [-0.2, 0) is 4.79 Å². The topological polar surface area (TPSA) is 109 Å². The third-order valence-corrected chi connectivity index (χ3v) is 5.52. The summed E-state index contributed by atoms with van der Waals surface area (Å²) in [6, 6.07) is 10.2. The van der Waals surface area contributed by atoms with Crippen LogP contribution >= 0.6 is 0 Å². The summed E-state index contributed by atoms with van der Waals surface area (Å²) in [5, 5.41) is 10.7. The average molecular weight is 414 g/mol. The van der Waals surface area contributed by atoms with Crippen LogP contribution in [0, 0.1) is 16.0 Å². The molecule has 3 heterocycles. The minimum absolute atomic E-state index is 0.0316. The van der Waals surface area contributed by atoms with Crippen LogP contribution < -0.4 is 9.64 Å². The number of ether oxygens (including phenoxy) is 1. The minimum atomic E-state index is -0.691. The van der Waals surface area contributed by atoms with Crippen molar-refractivity contribution in [3.8, 4) is 5.75 Å². The van der Waals surface area contributed by atoms with Gasteiger partial charge in [0.15, 0.2) is 5.76 Å². The summed E-state index contributed by atoms with van der Waals surface area (Å²) in [5.41, 5.74) is 1.01. The molecule has 1 aromatic heterocycles. The van der Waals surface area contributed by atoms with Crippen LogP contribution in [0.1, 0.15) is 10.6 Å². The molecular weight excluding hydrogens is 392 g/mol. The van der Waals surface area contributed by atoms with E-state index in [2.05, 4.69) is 4.90 Å². The second-order valence-electron chi connectivity index (χ2n) is 7.29.